The molecule has 57 heavy (non-hydrogen) atoms. The number of amides is 2. The standard InChI is InChI=1S/C44H61N5O6S2/c1-10-29-23-44(29)24-34(50)33-22-30(25-48(33)39(51)28(6)42(7,8)9)55-41-46-37-31(16-15-17-32(37)49(41)27(4)5)38-45-36(26(2)3)35(56-38)18-13-11-12-14-19-43(20-21-43)57(53,54)47-40(44)52/h11-12,15-17,26-30,33H,10,13-14,18-25H2,1-9H3,(H,47,52)/t28-,29-,30-,33+,44-/m1/s1. The van der Waals surface area contributed by atoms with E-state index in [1.807, 2.05) is 46.8 Å². The summed E-state index contributed by atoms with van der Waals surface area (Å²) in [5.74, 6) is -1.25. The molecule has 310 valence electrons. The maximum atomic E-state index is 14.6. The molecule has 1 saturated heterocycles. The van der Waals surface area contributed by atoms with Gasteiger partial charge in [-0.05, 0) is 88.2 Å². The molecule has 11 nitrogen and oxygen atoms in total. The predicted molar refractivity (Wildman–Crippen MR) is 225 cm³/mol. The van der Waals surface area contributed by atoms with E-state index in [9.17, 15) is 22.8 Å². The molecule has 2 saturated carbocycles. The number of aromatic nitrogens is 3. The molecule has 1 N–H and O–H groups in total. The van der Waals surface area contributed by atoms with Crippen LogP contribution in [0.5, 0.6) is 6.01 Å². The first-order chi connectivity index (χ1) is 26.8. The molecule has 0 radical (unpaired) electrons. The fourth-order valence-corrected chi connectivity index (χ4v) is 11.9. The molecule has 3 aromatic rings. The molecule has 7 rings (SSSR count). The SMILES string of the molecule is CC[C@@H]1C[C@@]12CC(=O)[C@@H]1C[C@H](CN1C(=O)[C@@H](C)C(C)(C)C)Oc1nc3c(cccc3n1C(C)C)-c1nc(C(C)C)c(s1)CCC=CCCC1(CC1)S(=O)(=O)NC2=O. The first-order valence-corrected chi connectivity index (χ1v) is 23.3. The van der Waals surface area contributed by atoms with Crippen LogP contribution in [0.2, 0.25) is 0 Å². The van der Waals surface area contributed by atoms with Crippen molar-refractivity contribution < 1.29 is 27.5 Å². The predicted octanol–water partition coefficient (Wildman–Crippen LogP) is 8.53. The Morgan fingerprint density at radius 3 is 2.40 bits per heavy atom. The highest BCUT2D eigenvalue weighted by atomic mass is 32.2. The maximum Gasteiger partial charge on any atom is 0.297 e. The Kier molecular flexibility index (Phi) is 11.1. The minimum Gasteiger partial charge on any atom is -0.459 e. The summed E-state index contributed by atoms with van der Waals surface area (Å²) in [5, 5.41) is 0.902. The van der Waals surface area contributed by atoms with Crippen molar-refractivity contribution in [3.05, 3.63) is 40.9 Å². The zero-order chi connectivity index (χ0) is 41.2. The number of aryl methyl sites for hydroxylation is 1. The van der Waals surface area contributed by atoms with Crippen LogP contribution in [-0.4, -0.2) is 68.9 Å². The molecular weight excluding hydrogens is 759 g/mol. The Morgan fingerprint density at radius 2 is 1.77 bits per heavy atom. The maximum absolute atomic E-state index is 14.6. The number of ketones is 1. The third-order valence-corrected chi connectivity index (χ3v) is 16.7. The number of imidazole rings is 1. The van der Waals surface area contributed by atoms with Crippen molar-refractivity contribution in [3.8, 4) is 16.6 Å². The van der Waals surface area contributed by atoms with Crippen LogP contribution in [0, 0.1) is 22.7 Å². The highest BCUT2D eigenvalue weighted by Crippen LogP contribution is 2.58. The van der Waals surface area contributed by atoms with E-state index in [0.29, 0.717) is 44.5 Å². The van der Waals surface area contributed by atoms with Gasteiger partial charge in [-0.25, -0.2) is 13.4 Å². The largest absolute Gasteiger partial charge is 0.459 e. The molecule has 4 heterocycles. The summed E-state index contributed by atoms with van der Waals surface area (Å²) in [7, 11) is -3.98. The van der Waals surface area contributed by atoms with Gasteiger partial charge in [0.2, 0.25) is 21.8 Å². The number of carbonyl (C=O) groups is 3. The van der Waals surface area contributed by atoms with Crippen LogP contribution in [-0.2, 0) is 30.8 Å². The smallest absolute Gasteiger partial charge is 0.297 e. The van der Waals surface area contributed by atoms with Gasteiger partial charge in [0.1, 0.15) is 16.6 Å². The first kappa shape index (κ1) is 41.6. The molecule has 3 fully saturated rings. The quantitative estimate of drug-likeness (QED) is 0.259. The molecule has 5 atom stereocenters. The van der Waals surface area contributed by atoms with E-state index in [1.165, 1.54) is 4.88 Å². The van der Waals surface area contributed by atoms with Crippen molar-refractivity contribution in [1.82, 2.24) is 24.2 Å². The van der Waals surface area contributed by atoms with Crippen molar-refractivity contribution in [1.29, 1.82) is 0 Å². The number of para-hydroxylation sites is 1. The lowest BCUT2D eigenvalue weighted by molar-refractivity contribution is -0.144. The molecule has 1 aromatic carbocycles. The monoisotopic (exact) mass is 819 g/mol. The average Bonchev–Trinajstić information content (AvgIpc) is 3.91. The summed E-state index contributed by atoms with van der Waals surface area (Å²) in [6.07, 6.45) is 8.48. The van der Waals surface area contributed by atoms with E-state index in [-0.39, 0.29) is 60.3 Å². The first-order valence-electron chi connectivity index (χ1n) is 21.0. The summed E-state index contributed by atoms with van der Waals surface area (Å²) in [5.41, 5.74) is 2.23. The molecule has 2 aromatic heterocycles. The number of ether oxygens (including phenoxy) is 1. The Bertz CT molecular complexity index is 2190. The Labute approximate surface area is 342 Å². The Balaban J connectivity index is 1.30. The number of thiazole rings is 1. The van der Waals surface area contributed by atoms with Gasteiger partial charge in [-0.15, -0.1) is 11.3 Å². The van der Waals surface area contributed by atoms with E-state index < -0.39 is 38.2 Å². The van der Waals surface area contributed by atoms with Crippen LogP contribution in [0.4, 0.5) is 0 Å². The van der Waals surface area contributed by atoms with Gasteiger partial charge >= 0.3 is 0 Å². The van der Waals surface area contributed by atoms with E-state index in [2.05, 4.69) is 55.2 Å². The number of hydrogen-bond acceptors (Lipinski definition) is 9. The summed E-state index contributed by atoms with van der Waals surface area (Å²) in [4.78, 5) is 56.2. The number of benzene rings is 1. The topological polar surface area (TPSA) is 141 Å². The number of Topliss-reactive ketones (excluding diaryl/α,β-unsaturated/α-hetero) is 1. The molecule has 2 aliphatic carbocycles. The lowest BCUT2D eigenvalue weighted by atomic mass is 9.81. The normalized spacial score (nSPS) is 26.9. The highest BCUT2D eigenvalue weighted by Gasteiger charge is 2.63. The van der Waals surface area contributed by atoms with Gasteiger partial charge < -0.3 is 9.64 Å². The van der Waals surface area contributed by atoms with Gasteiger partial charge in [0.25, 0.3) is 6.01 Å². The van der Waals surface area contributed by atoms with Crippen LogP contribution in [0.1, 0.15) is 143 Å². The zero-order valence-electron chi connectivity index (χ0n) is 35.2. The number of carbonyl (C=O) groups excluding carboxylic acids is 3. The van der Waals surface area contributed by atoms with Crippen molar-refractivity contribution in [2.24, 2.45) is 22.7 Å². The molecule has 13 heteroatoms. The van der Waals surface area contributed by atoms with Crippen LogP contribution < -0.4 is 9.46 Å². The van der Waals surface area contributed by atoms with Gasteiger partial charge in [0.15, 0.2) is 5.78 Å². The number of likely N-dealkylation sites (tertiary alicyclic amines) is 1. The fourth-order valence-electron chi connectivity index (χ4n) is 9.00. The second-order valence-electron chi connectivity index (χ2n) is 18.9. The number of rotatable bonds is 4. The number of nitrogens with one attached hydrogen (secondary N) is 1. The Hall–Kier alpha value is -3.58. The molecular formula is C44H61N5O6S2. The van der Waals surface area contributed by atoms with Crippen LogP contribution in [0.15, 0.2) is 30.4 Å². The summed E-state index contributed by atoms with van der Waals surface area (Å²) >= 11 is 1.69. The summed E-state index contributed by atoms with van der Waals surface area (Å²) in [6.45, 7) is 18.6. The van der Waals surface area contributed by atoms with E-state index in [1.54, 1.807) is 16.2 Å². The minimum atomic E-state index is -3.98. The van der Waals surface area contributed by atoms with Gasteiger partial charge in [-0.3, -0.25) is 23.7 Å². The second kappa shape index (κ2) is 15.2. The molecule has 2 aliphatic heterocycles. The summed E-state index contributed by atoms with van der Waals surface area (Å²) in [6, 6.07) is 5.74. The molecule has 2 amide bonds. The summed E-state index contributed by atoms with van der Waals surface area (Å²) < 4.78 is 38.1. The fraction of sp³-hybridized carbons (Fsp3) is 0.659. The van der Waals surface area contributed by atoms with Crippen molar-refractivity contribution in [2.75, 3.05) is 6.54 Å². The van der Waals surface area contributed by atoms with Crippen LogP contribution in [0.3, 0.4) is 0 Å². The van der Waals surface area contributed by atoms with Crippen molar-refractivity contribution >= 4 is 50.0 Å². The highest BCUT2D eigenvalue weighted by molar-refractivity contribution is 7.91. The van der Waals surface area contributed by atoms with Gasteiger partial charge in [-0.2, -0.15) is 4.98 Å². The average molecular weight is 820 g/mol. The second-order valence-corrected chi connectivity index (χ2v) is 22.0. The van der Waals surface area contributed by atoms with E-state index in [4.69, 9.17) is 14.7 Å². The van der Waals surface area contributed by atoms with E-state index in [0.717, 1.165) is 40.1 Å². The zero-order valence-corrected chi connectivity index (χ0v) is 36.8. The van der Waals surface area contributed by atoms with Crippen LogP contribution >= 0.6 is 11.3 Å². The number of fused-ring (bicyclic) bond motifs is 6. The molecule has 0 unspecified atom stereocenters. The number of nitrogens with zero attached hydrogens (tertiary/aromatic N) is 4. The number of sulfonamides is 1. The molecule has 6 bridgehead atoms. The third-order valence-electron chi connectivity index (χ3n) is 13.3. The number of allylic oxidation sites excluding steroid dienone is 2. The lowest BCUT2D eigenvalue weighted by Crippen LogP contribution is -2.48. The Morgan fingerprint density at radius 1 is 1.05 bits per heavy atom. The number of hydrogen-bond donors (Lipinski definition) is 1. The minimum absolute atomic E-state index is 0.00416. The van der Waals surface area contributed by atoms with Gasteiger partial charge in [-0.1, -0.05) is 73.1 Å². The van der Waals surface area contributed by atoms with Gasteiger partial charge in [0.05, 0.1) is 34.0 Å². The van der Waals surface area contributed by atoms with Crippen molar-refractivity contribution in [3.63, 3.8) is 0 Å². The third kappa shape index (κ3) is 7.72. The molecule has 2 spiro atoms. The van der Waals surface area contributed by atoms with Crippen molar-refractivity contribution in [2.45, 2.75) is 155 Å². The lowest BCUT2D eigenvalue weighted by Gasteiger charge is -2.33. The van der Waals surface area contributed by atoms with Crippen LogP contribution in [0.25, 0.3) is 21.6 Å². The van der Waals surface area contributed by atoms with Gasteiger partial charge in [0, 0.05) is 35.2 Å². The molecule has 4 aliphatic rings. The van der Waals surface area contributed by atoms with E-state index >= 15 is 0 Å².